The molecule has 3 heterocycles. The second-order valence-corrected chi connectivity index (χ2v) is 5.74. The Labute approximate surface area is 139 Å². The molecule has 1 fully saturated rings. The van der Waals surface area contributed by atoms with E-state index in [2.05, 4.69) is 19.9 Å². The van der Waals surface area contributed by atoms with Crippen molar-refractivity contribution in [1.82, 2.24) is 19.9 Å². The van der Waals surface area contributed by atoms with Crippen LogP contribution in [0.15, 0.2) is 55.0 Å². The van der Waals surface area contributed by atoms with Crippen LogP contribution in [0.1, 0.15) is 10.5 Å². The van der Waals surface area contributed by atoms with Crippen LogP contribution in [0.4, 0.5) is 5.95 Å². The lowest BCUT2D eigenvalue weighted by molar-refractivity contribution is 0.0740. The van der Waals surface area contributed by atoms with E-state index in [0.29, 0.717) is 24.7 Å². The topological polar surface area (TPSA) is 62.2 Å². The van der Waals surface area contributed by atoms with Gasteiger partial charge in [0.25, 0.3) is 5.91 Å². The van der Waals surface area contributed by atoms with E-state index in [0.717, 1.165) is 23.9 Å². The second kappa shape index (κ2) is 6.23. The Bertz CT molecular complexity index is 859. The third-order valence-electron chi connectivity index (χ3n) is 4.25. The number of hydrogen-bond acceptors (Lipinski definition) is 5. The third-order valence-corrected chi connectivity index (χ3v) is 4.25. The van der Waals surface area contributed by atoms with Crippen molar-refractivity contribution in [3.8, 4) is 0 Å². The van der Waals surface area contributed by atoms with Crippen LogP contribution >= 0.6 is 0 Å². The van der Waals surface area contributed by atoms with Gasteiger partial charge in [0.2, 0.25) is 5.95 Å². The van der Waals surface area contributed by atoms with E-state index in [9.17, 15) is 4.79 Å². The maximum absolute atomic E-state index is 12.7. The van der Waals surface area contributed by atoms with Crippen molar-refractivity contribution in [3.05, 3.63) is 60.7 Å². The molecule has 0 spiro atoms. The summed E-state index contributed by atoms with van der Waals surface area (Å²) in [5.74, 6) is 0.697. The highest BCUT2D eigenvalue weighted by atomic mass is 16.2. The SMILES string of the molecule is O=C(c1cc2ccccc2cn1)N1CCN(c2ncccn2)CC1. The molecule has 0 atom stereocenters. The summed E-state index contributed by atoms with van der Waals surface area (Å²) in [4.78, 5) is 29.5. The molecule has 0 bridgehead atoms. The van der Waals surface area contributed by atoms with Crippen molar-refractivity contribution >= 4 is 22.6 Å². The number of carbonyl (C=O) groups excluding carboxylic acids is 1. The molecule has 1 aromatic carbocycles. The Morgan fingerprint density at radius 2 is 1.58 bits per heavy atom. The first-order valence-corrected chi connectivity index (χ1v) is 7.97. The van der Waals surface area contributed by atoms with Crippen LogP contribution in [-0.2, 0) is 0 Å². The molecular formula is C18H17N5O. The molecule has 1 saturated heterocycles. The molecule has 0 N–H and O–H groups in total. The van der Waals surface area contributed by atoms with Crippen molar-refractivity contribution in [3.63, 3.8) is 0 Å². The highest BCUT2D eigenvalue weighted by molar-refractivity contribution is 5.96. The van der Waals surface area contributed by atoms with Gasteiger partial charge in [-0.1, -0.05) is 24.3 Å². The van der Waals surface area contributed by atoms with Crippen molar-refractivity contribution in [1.29, 1.82) is 0 Å². The molecule has 0 aliphatic carbocycles. The number of carbonyl (C=O) groups is 1. The Kier molecular flexibility index (Phi) is 3.78. The summed E-state index contributed by atoms with van der Waals surface area (Å²) < 4.78 is 0. The molecular weight excluding hydrogens is 302 g/mol. The molecule has 3 aromatic rings. The molecule has 0 saturated carbocycles. The van der Waals surface area contributed by atoms with Crippen LogP contribution < -0.4 is 4.90 Å². The van der Waals surface area contributed by atoms with Crippen molar-refractivity contribution in [2.75, 3.05) is 31.1 Å². The number of hydrogen-bond donors (Lipinski definition) is 0. The van der Waals surface area contributed by atoms with E-state index in [-0.39, 0.29) is 5.91 Å². The molecule has 1 aliphatic rings. The standard InChI is InChI=1S/C18H17N5O/c24-17(16-12-14-4-1-2-5-15(14)13-21-16)22-8-10-23(11-9-22)18-19-6-3-7-20-18/h1-7,12-13H,8-11H2. The average molecular weight is 319 g/mol. The van der Waals surface area contributed by atoms with Crippen molar-refractivity contribution < 1.29 is 4.79 Å². The highest BCUT2D eigenvalue weighted by Gasteiger charge is 2.24. The Morgan fingerprint density at radius 1 is 0.875 bits per heavy atom. The largest absolute Gasteiger partial charge is 0.337 e. The first-order valence-electron chi connectivity index (χ1n) is 7.97. The Hall–Kier alpha value is -3.02. The van der Waals surface area contributed by atoms with Gasteiger partial charge in [0.1, 0.15) is 5.69 Å². The molecule has 0 radical (unpaired) electrons. The summed E-state index contributed by atoms with van der Waals surface area (Å²) in [5, 5.41) is 2.08. The van der Waals surface area contributed by atoms with Crippen LogP contribution in [-0.4, -0.2) is 51.9 Å². The summed E-state index contributed by atoms with van der Waals surface area (Å²) in [6.45, 7) is 2.74. The predicted molar refractivity (Wildman–Crippen MR) is 91.9 cm³/mol. The lowest BCUT2D eigenvalue weighted by Gasteiger charge is -2.34. The van der Waals surface area contributed by atoms with Crippen molar-refractivity contribution in [2.45, 2.75) is 0 Å². The van der Waals surface area contributed by atoms with Crippen LogP contribution in [0.3, 0.4) is 0 Å². The Morgan fingerprint density at radius 3 is 2.33 bits per heavy atom. The first-order chi connectivity index (χ1) is 11.8. The van der Waals surface area contributed by atoms with Gasteiger partial charge >= 0.3 is 0 Å². The van der Waals surface area contributed by atoms with E-state index >= 15 is 0 Å². The number of nitrogens with zero attached hydrogens (tertiary/aromatic N) is 5. The van der Waals surface area contributed by atoms with Gasteiger partial charge in [0.05, 0.1) is 0 Å². The summed E-state index contributed by atoms with van der Waals surface area (Å²) in [6, 6.07) is 11.6. The second-order valence-electron chi connectivity index (χ2n) is 5.74. The molecule has 120 valence electrons. The number of piperazine rings is 1. The minimum absolute atomic E-state index is 0.0191. The molecule has 2 aromatic heterocycles. The van der Waals surface area contributed by atoms with Gasteiger partial charge in [-0.25, -0.2) is 9.97 Å². The molecule has 1 amide bonds. The van der Waals surface area contributed by atoms with Crippen LogP contribution in [0, 0.1) is 0 Å². The minimum Gasteiger partial charge on any atom is -0.337 e. The van der Waals surface area contributed by atoms with E-state index in [1.165, 1.54) is 0 Å². The van der Waals surface area contributed by atoms with Crippen molar-refractivity contribution in [2.24, 2.45) is 0 Å². The minimum atomic E-state index is -0.0191. The molecule has 6 nitrogen and oxygen atoms in total. The summed E-state index contributed by atoms with van der Waals surface area (Å²) in [5.41, 5.74) is 0.498. The van der Waals surface area contributed by atoms with Gasteiger partial charge in [-0.15, -0.1) is 0 Å². The summed E-state index contributed by atoms with van der Waals surface area (Å²) in [7, 11) is 0. The molecule has 24 heavy (non-hydrogen) atoms. The van der Waals surface area contributed by atoms with Gasteiger partial charge in [0.15, 0.2) is 0 Å². The maximum Gasteiger partial charge on any atom is 0.272 e. The first kappa shape index (κ1) is 14.6. The third kappa shape index (κ3) is 2.78. The van der Waals surface area contributed by atoms with Gasteiger partial charge in [-0.05, 0) is 17.5 Å². The van der Waals surface area contributed by atoms with Crippen LogP contribution in [0.5, 0.6) is 0 Å². The fourth-order valence-corrected chi connectivity index (χ4v) is 2.93. The zero-order valence-corrected chi connectivity index (χ0v) is 13.2. The van der Waals surface area contributed by atoms with Crippen LogP contribution in [0.25, 0.3) is 10.8 Å². The highest BCUT2D eigenvalue weighted by Crippen LogP contribution is 2.16. The maximum atomic E-state index is 12.7. The average Bonchev–Trinajstić information content (AvgIpc) is 2.68. The smallest absolute Gasteiger partial charge is 0.272 e. The lowest BCUT2D eigenvalue weighted by Crippen LogP contribution is -2.49. The fraction of sp³-hybridized carbons (Fsp3) is 0.222. The number of aromatic nitrogens is 3. The summed E-state index contributed by atoms with van der Waals surface area (Å²) in [6.07, 6.45) is 5.23. The number of pyridine rings is 1. The van der Waals surface area contributed by atoms with E-state index in [1.807, 2.05) is 35.2 Å². The van der Waals surface area contributed by atoms with Crippen LogP contribution in [0.2, 0.25) is 0 Å². The summed E-state index contributed by atoms with van der Waals surface area (Å²) >= 11 is 0. The van der Waals surface area contributed by atoms with E-state index in [1.54, 1.807) is 24.7 Å². The number of amides is 1. The number of rotatable bonds is 2. The van der Waals surface area contributed by atoms with E-state index in [4.69, 9.17) is 0 Å². The zero-order valence-electron chi connectivity index (χ0n) is 13.2. The Balaban J connectivity index is 1.47. The number of fused-ring (bicyclic) bond motifs is 1. The van der Waals surface area contributed by atoms with Gasteiger partial charge in [-0.2, -0.15) is 0 Å². The normalized spacial score (nSPS) is 14.8. The molecule has 6 heteroatoms. The molecule has 1 aliphatic heterocycles. The van der Waals surface area contributed by atoms with Gasteiger partial charge < -0.3 is 9.80 Å². The molecule has 4 rings (SSSR count). The monoisotopic (exact) mass is 319 g/mol. The van der Waals surface area contributed by atoms with Gasteiger partial charge in [-0.3, -0.25) is 9.78 Å². The van der Waals surface area contributed by atoms with E-state index < -0.39 is 0 Å². The molecule has 0 unspecified atom stereocenters. The van der Waals surface area contributed by atoms with Gasteiger partial charge in [0, 0.05) is 50.2 Å². The lowest BCUT2D eigenvalue weighted by atomic mass is 10.1. The number of benzene rings is 1. The predicted octanol–water partition coefficient (Wildman–Crippen LogP) is 1.99. The zero-order chi connectivity index (χ0) is 16.4. The quantitative estimate of drug-likeness (QED) is 0.723. The fourth-order valence-electron chi connectivity index (χ4n) is 2.93. The number of anilines is 1.